The standard InChI is InChI=1S/C27H28N2O5/c1-16(24(30)31)10-11-28-25(32)27-13-17(27)12-18(14-27)29-26(33)34-15-23-21-8-4-2-6-19(21)20-7-3-5-9-22(20)23/h2-10,17-18,23H,11-15H2,1H3,(H,28,32)(H,29,33)(H,30,31)/b16-10+. The van der Waals surface area contributed by atoms with Crippen molar-refractivity contribution in [1.29, 1.82) is 0 Å². The van der Waals surface area contributed by atoms with Crippen molar-refractivity contribution in [3.8, 4) is 11.1 Å². The Morgan fingerprint density at radius 3 is 2.35 bits per heavy atom. The molecule has 0 aromatic heterocycles. The molecule has 0 radical (unpaired) electrons. The first kappa shape index (κ1) is 22.2. The van der Waals surface area contributed by atoms with Gasteiger partial charge in [0.25, 0.3) is 0 Å². The summed E-state index contributed by atoms with van der Waals surface area (Å²) in [7, 11) is 0. The third-order valence-electron chi connectivity index (χ3n) is 7.54. The summed E-state index contributed by atoms with van der Waals surface area (Å²) in [6.07, 6.45) is 3.18. The largest absolute Gasteiger partial charge is 0.478 e. The number of amides is 2. The zero-order chi connectivity index (χ0) is 23.9. The van der Waals surface area contributed by atoms with E-state index in [2.05, 4.69) is 34.9 Å². The van der Waals surface area contributed by atoms with Gasteiger partial charge in [-0.15, -0.1) is 0 Å². The summed E-state index contributed by atoms with van der Waals surface area (Å²) >= 11 is 0. The highest BCUT2D eigenvalue weighted by atomic mass is 16.5. The van der Waals surface area contributed by atoms with E-state index in [1.165, 1.54) is 35.3 Å². The fourth-order valence-electron chi connectivity index (χ4n) is 5.65. The van der Waals surface area contributed by atoms with Gasteiger partial charge in [0.2, 0.25) is 5.91 Å². The maximum absolute atomic E-state index is 12.7. The van der Waals surface area contributed by atoms with E-state index >= 15 is 0 Å². The molecule has 2 aromatic rings. The van der Waals surface area contributed by atoms with Gasteiger partial charge in [0.05, 0.1) is 5.41 Å². The van der Waals surface area contributed by atoms with E-state index in [9.17, 15) is 14.4 Å². The lowest BCUT2D eigenvalue weighted by atomic mass is 9.98. The van der Waals surface area contributed by atoms with Gasteiger partial charge in [-0.1, -0.05) is 54.6 Å². The number of alkyl carbamates (subject to hydrolysis) is 1. The van der Waals surface area contributed by atoms with Gasteiger partial charge in [0.1, 0.15) is 6.61 Å². The van der Waals surface area contributed by atoms with Gasteiger partial charge in [0, 0.05) is 24.1 Å². The van der Waals surface area contributed by atoms with Crippen LogP contribution in [0.5, 0.6) is 0 Å². The van der Waals surface area contributed by atoms with E-state index in [1.807, 2.05) is 24.3 Å². The van der Waals surface area contributed by atoms with Gasteiger partial charge in [-0.3, -0.25) is 4.79 Å². The molecular formula is C27H28N2O5. The molecule has 2 amide bonds. The average molecular weight is 461 g/mol. The van der Waals surface area contributed by atoms with Crippen LogP contribution in [0.25, 0.3) is 11.1 Å². The summed E-state index contributed by atoms with van der Waals surface area (Å²) in [5.41, 5.74) is 4.45. The number of carboxylic acid groups (broad SMARTS) is 1. The third kappa shape index (κ3) is 3.95. The Morgan fingerprint density at radius 2 is 1.71 bits per heavy atom. The van der Waals surface area contributed by atoms with Gasteiger partial charge in [-0.05, 0) is 54.4 Å². The Labute approximate surface area is 198 Å². The number of fused-ring (bicyclic) bond motifs is 4. The van der Waals surface area contributed by atoms with E-state index in [4.69, 9.17) is 9.84 Å². The quantitative estimate of drug-likeness (QED) is 0.545. The van der Waals surface area contributed by atoms with Crippen molar-refractivity contribution in [2.24, 2.45) is 11.3 Å². The molecule has 34 heavy (non-hydrogen) atoms. The molecule has 7 heteroatoms. The molecule has 7 nitrogen and oxygen atoms in total. The molecule has 2 saturated carbocycles. The van der Waals surface area contributed by atoms with Crippen LogP contribution in [0.1, 0.15) is 43.2 Å². The first-order valence-electron chi connectivity index (χ1n) is 11.7. The second-order valence-electron chi connectivity index (χ2n) is 9.57. The Morgan fingerprint density at radius 1 is 1.06 bits per heavy atom. The smallest absolute Gasteiger partial charge is 0.407 e. The molecule has 2 aromatic carbocycles. The van der Waals surface area contributed by atoms with Crippen LogP contribution < -0.4 is 10.6 Å². The number of hydrogen-bond acceptors (Lipinski definition) is 4. The number of carbonyl (C=O) groups excluding carboxylic acids is 2. The number of nitrogens with one attached hydrogen (secondary N) is 2. The van der Waals surface area contributed by atoms with Crippen molar-refractivity contribution in [2.45, 2.75) is 38.1 Å². The SMILES string of the molecule is C/C(=C\CNC(=O)C12CC(NC(=O)OCC3c4ccccc4-c4ccccc43)CC1C2)C(=O)O. The van der Waals surface area contributed by atoms with Crippen LogP contribution in [-0.4, -0.2) is 42.3 Å². The maximum atomic E-state index is 12.7. The Balaban J connectivity index is 1.14. The monoisotopic (exact) mass is 460 g/mol. The molecule has 2 fully saturated rings. The lowest BCUT2D eigenvalue weighted by Crippen LogP contribution is -2.38. The number of aliphatic carboxylic acids is 1. The van der Waals surface area contributed by atoms with E-state index in [1.54, 1.807) is 0 Å². The lowest BCUT2D eigenvalue weighted by molar-refractivity contribution is -0.132. The van der Waals surface area contributed by atoms with Crippen LogP contribution in [0.3, 0.4) is 0 Å². The Kier molecular flexibility index (Phi) is 5.63. The second-order valence-corrected chi connectivity index (χ2v) is 9.57. The minimum atomic E-state index is -0.995. The summed E-state index contributed by atoms with van der Waals surface area (Å²) in [5.74, 6) is -0.806. The zero-order valence-corrected chi connectivity index (χ0v) is 19.0. The summed E-state index contributed by atoms with van der Waals surface area (Å²) in [4.78, 5) is 36.2. The van der Waals surface area contributed by atoms with Crippen molar-refractivity contribution < 1.29 is 24.2 Å². The van der Waals surface area contributed by atoms with Crippen molar-refractivity contribution in [1.82, 2.24) is 10.6 Å². The number of rotatable bonds is 7. The minimum Gasteiger partial charge on any atom is -0.478 e. The van der Waals surface area contributed by atoms with Crippen molar-refractivity contribution in [3.05, 3.63) is 71.3 Å². The number of carboxylic acids is 1. The highest BCUT2D eigenvalue weighted by Crippen LogP contribution is 2.63. The molecule has 5 rings (SSSR count). The van der Waals surface area contributed by atoms with Crippen molar-refractivity contribution >= 4 is 18.0 Å². The molecule has 0 saturated heterocycles. The fourth-order valence-corrected chi connectivity index (χ4v) is 5.65. The normalized spacial score (nSPS) is 24.6. The van der Waals surface area contributed by atoms with E-state index in [0.717, 1.165) is 12.8 Å². The molecule has 176 valence electrons. The van der Waals surface area contributed by atoms with Crippen LogP contribution in [0.2, 0.25) is 0 Å². The van der Waals surface area contributed by atoms with Crippen LogP contribution in [-0.2, 0) is 14.3 Å². The first-order chi connectivity index (χ1) is 16.4. The van der Waals surface area contributed by atoms with Gasteiger partial charge >= 0.3 is 12.1 Å². The molecule has 3 N–H and O–H groups in total. The summed E-state index contributed by atoms with van der Waals surface area (Å²) in [6, 6.07) is 16.3. The minimum absolute atomic E-state index is 0.00886. The predicted molar refractivity (Wildman–Crippen MR) is 126 cm³/mol. The van der Waals surface area contributed by atoms with Crippen LogP contribution in [0, 0.1) is 11.3 Å². The lowest BCUT2D eigenvalue weighted by Gasteiger charge is -2.19. The fraction of sp³-hybridized carbons (Fsp3) is 0.370. The number of carbonyl (C=O) groups is 3. The maximum Gasteiger partial charge on any atom is 0.407 e. The summed E-state index contributed by atoms with van der Waals surface area (Å²) in [5, 5.41) is 14.7. The molecule has 3 aliphatic rings. The first-order valence-corrected chi connectivity index (χ1v) is 11.7. The van der Waals surface area contributed by atoms with E-state index in [-0.39, 0.29) is 42.5 Å². The van der Waals surface area contributed by atoms with Gasteiger partial charge < -0.3 is 20.5 Å². The molecule has 0 spiro atoms. The van der Waals surface area contributed by atoms with E-state index < -0.39 is 17.5 Å². The Bertz CT molecular complexity index is 1140. The van der Waals surface area contributed by atoms with Gasteiger partial charge in [-0.2, -0.15) is 0 Å². The topological polar surface area (TPSA) is 105 Å². The van der Waals surface area contributed by atoms with Crippen molar-refractivity contribution in [2.75, 3.05) is 13.2 Å². The van der Waals surface area contributed by atoms with Crippen LogP contribution >= 0.6 is 0 Å². The van der Waals surface area contributed by atoms with Crippen LogP contribution in [0.4, 0.5) is 4.79 Å². The predicted octanol–water partition coefficient (Wildman–Crippen LogP) is 3.84. The number of ether oxygens (including phenoxy) is 1. The summed E-state index contributed by atoms with van der Waals surface area (Å²) < 4.78 is 5.64. The van der Waals surface area contributed by atoms with Crippen molar-refractivity contribution in [3.63, 3.8) is 0 Å². The van der Waals surface area contributed by atoms with Crippen LogP contribution in [0.15, 0.2) is 60.2 Å². The molecule has 0 heterocycles. The molecular weight excluding hydrogens is 432 g/mol. The molecule has 0 aliphatic heterocycles. The van der Waals surface area contributed by atoms with E-state index in [0.29, 0.717) is 6.42 Å². The molecule has 0 bridgehead atoms. The number of hydrogen-bond donors (Lipinski definition) is 3. The number of benzene rings is 2. The zero-order valence-electron chi connectivity index (χ0n) is 19.0. The third-order valence-corrected chi connectivity index (χ3v) is 7.54. The van der Waals surface area contributed by atoms with Gasteiger partial charge in [-0.25, -0.2) is 9.59 Å². The highest BCUT2D eigenvalue weighted by Gasteiger charge is 2.65. The molecule has 3 aliphatic carbocycles. The molecule has 3 atom stereocenters. The summed E-state index contributed by atoms with van der Waals surface area (Å²) in [6.45, 7) is 1.95. The molecule has 3 unspecified atom stereocenters. The second kappa shape index (κ2) is 8.63. The Hall–Kier alpha value is -3.61. The van der Waals surface area contributed by atoms with Gasteiger partial charge in [0.15, 0.2) is 0 Å². The highest BCUT2D eigenvalue weighted by molar-refractivity contribution is 5.88. The average Bonchev–Trinajstić information content (AvgIpc) is 3.26.